The van der Waals surface area contributed by atoms with E-state index >= 15 is 0 Å². The largest absolute Gasteiger partial charge is 0.369 e. The van der Waals surface area contributed by atoms with Gasteiger partial charge in [-0.25, -0.2) is 9.97 Å². The molecule has 140 valence electrons. The number of nitrogens with zero attached hydrogens (tertiary/aromatic N) is 4. The number of pyridine rings is 2. The third-order valence-corrected chi connectivity index (χ3v) is 5.07. The number of aryl methyl sites for hydroxylation is 1. The maximum absolute atomic E-state index is 13.3. The first-order valence-electron chi connectivity index (χ1n) is 9.42. The maximum atomic E-state index is 13.3. The molecule has 4 aromatic heterocycles. The number of carbonyl (C=O) groups is 1. The zero-order chi connectivity index (χ0) is 19.1. The van der Waals surface area contributed by atoms with Crippen molar-refractivity contribution in [2.45, 2.75) is 19.8 Å². The lowest BCUT2D eigenvalue weighted by Crippen LogP contribution is -2.13. The molecule has 0 spiro atoms. The highest BCUT2D eigenvalue weighted by Crippen LogP contribution is 2.33. The Balaban J connectivity index is 1.63. The molecule has 7 heteroatoms. The van der Waals surface area contributed by atoms with Gasteiger partial charge in [-0.05, 0) is 49.9 Å². The molecule has 28 heavy (non-hydrogen) atoms. The minimum Gasteiger partial charge on any atom is -0.369 e. The third kappa shape index (κ3) is 2.94. The van der Waals surface area contributed by atoms with Crippen LogP contribution in [0, 0.1) is 12.8 Å². The van der Waals surface area contributed by atoms with Gasteiger partial charge in [0.05, 0.1) is 28.4 Å². The van der Waals surface area contributed by atoms with Gasteiger partial charge in [0, 0.05) is 18.4 Å². The molecule has 0 unspecified atom stereocenters. The summed E-state index contributed by atoms with van der Waals surface area (Å²) >= 11 is 0. The zero-order valence-electron chi connectivity index (χ0n) is 15.5. The molecule has 4 aromatic rings. The first-order chi connectivity index (χ1) is 13.7. The normalized spacial score (nSPS) is 13.8. The van der Waals surface area contributed by atoms with Crippen LogP contribution in [-0.4, -0.2) is 31.8 Å². The molecular formula is C21H20N6O. The van der Waals surface area contributed by atoms with E-state index in [9.17, 15) is 4.79 Å². The fraction of sp³-hybridized carbons (Fsp3) is 0.238. The van der Waals surface area contributed by atoms with Crippen LogP contribution in [0.1, 0.15) is 28.9 Å². The number of nitrogens with one attached hydrogen (secondary N) is 2. The van der Waals surface area contributed by atoms with Crippen LogP contribution >= 0.6 is 0 Å². The Morgan fingerprint density at radius 3 is 2.86 bits per heavy atom. The van der Waals surface area contributed by atoms with Crippen molar-refractivity contribution in [3.05, 3.63) is 60.3 Å². The molecular weight excluding hydrogens is 352 g/mol. The molecule has 0 radical (unpaired) electrons. The Hall–Kier alpha value is -3.48. The minimum absolute atomic E-state index is 0.200. The average molecular weight is 372 g/mol. The van der Waals surface area contributed by atoms with Crippen LogP contribution in [0.2, 0.25) is 0 Å². The quantitative estimate of drug-likeness (QED) is 0.558. The van der Waals surface area contributed by atoms with Gasteiger partial charge in [0.1, 0.15) is 12.1 Å². The molecule has 5 rings (SSSR count). The number of hydrogen-bond donors (Lipinski definition) is 2. The van der Waals surface area contributed by atoms with Gasteiger partial charge in [-0.1, -0.05) is 6.07 Å². The molecule has 2 N–H and O–H groups in total. The Kier molecular flexibility index (Phi) is 3.93. The molecule has 1 aliphatic rings. The lowest BCUT2D eigenvalue weighted by atomic mass is 10.1. The van der Waals surface area contributed by atoms with Crippen molar-refractivity contribution in [2.75, 3.05) is 17.2 Å². The summed E-state index contributed by atoms with van der Waals surface area (Å²) in [6, 6.07) is 9.50. The fourth-order valence-electron chi connectivity index (χ4n) is 3.41. The smallest absolute Gasteiger partial charge is 0.258 e. The predicted molar refractivity (Wildman–Crippen MR) is 109 cm³/mol. The van der Waals surface area contributed by atoms with Crippen LogP contribution in [0.3, 0.4) is 0 Å². The van der Waals surface area contributed by atoms with Crippen LogP contribution in [0.4, 0.5) is 11.5 Å². The van der Waals surface area contributed by atoms with Crippen LogP contribution < -0.4 is 10.6 Å². The molecule has 0 bridgehead atoms. The van der Waals surface area contributed by atoms with Gasteiger partial charge in [0.2, 0.25) is 0 Å². The van der Waals surface area contributed by atoms with E-state index in [0.717, 1.165) is 28.8 Å². The second kappa shape index (κ2) is 6.60. The summed E-state index contributed by atoms with van der Waals surface area (Å²) in [5, 5.41) is 7.13. The third-order valence-electron chi connectivity index (χ3n) is 5.07. The first kappa shape index (κ1) is 16.7. The highest BCUT2D eigenvalue weighted by molar-refractivity contribution is 6.20. The molecule has 1 fully saturated rings. The van der Waals surface area contributed by atoms with Gasteiger partial charge in [0.25, 0.3) is 5.91 Å². The molecule has 1 amide bonds. The van der Waals surface area contributed by atoms with Gasteiger partial charge in [0.15, 0.2) is 5.65 Å². The number of fused-ring (bicyclic) bond motifs is 3. The molecule has 4 heterocycles. The van der Waals surface area contributed by atoms with E-state index in [0.29, 0.717) is 23.0 Å². The summed E-state index contributed by atoms with van der Waals surface area (Å²) in [7, 11) is 0. The van der Waals surface area contributed by atoms with Crippen LogP contribution in [-0.2, 0) is 0 Å². The van der Waals surface area contributed by atoms with Gasteiger partial charge < -0.3 is 15.0 Å². The SMILES string of the molecule is Cc1ccc(NC(=O)c2c3c(NCC4CC4)ncnc3n3ccccc23)cn1. The van der Waals surface area contributed by atoms with Crippen molar-refractivity contribution < 1.29 is 4.79 Å². The Morgan fingerprint density at radius 1 is 1.18 bits per heavy atom. The van der Waals surface area contributed by atoms with Crippen LogP contribution in [0.5, 0.6) is 0 Å². The number of amides is 1. The number of aromatic nitrogens is 4. The molecule has 0 aromatic carbocycles. The van der Waals surface area contributed by atoms with Crippen LogP contribution in [0.25, 0.3) is 16.6 Å². The zero-order valence-corrected chi connectivity index (χ0v) is 15.5. The number of rotatable bonds is 5. The standard InChI is InChI=1S/C21H20N6O/c1-13-5-8-15(11-22-13)26-21(28)17-16-4-2-3-9-27(16)20-18(17)19(24-12-25-20)23-10-14-6-7-14/h2-5,8-9,11-12,14H,6-7,10H2,1H3,(H,26,28)(H,23,24,25). The maximum Gasteiger partial charge on any atom is 0.258 e. The van der Waals surface area contributed by atoms with Gasteiger partial charge in [-0.15, -0.1) is 0 Å². The molecule has 7 nitrogen and oxygen atoms in total. The second-order valence-electron chi connectivity index (χ2n) is 7.22. The molecule has 0 saturated heterocycles. The molecule has 1 aliphatic carbocycles. The Labute approximate surface area is 161 Å². The Morgan fingerprint density at radius 2 is 2.07 bits per heavy atom. The summed E-state index contributed by atoms with van der Waals surface area (Å²) in [6.45, 7) is 2.77. The minimum atomic E-state index is -0.200. The lowest BCUT2D eigenvalue weighted by molar-refractivity contribution is 0.102. The predicted octanol–water partition coefficient (Wildman–Crippen LogP) is 3.66. The van der Waals surface area contributed by atoms with Crippen LogP contribution in [0.15, 0.2) is 49.1 Å². The van der Waals surface area contributed by atoms with E-state index in [1.165, 1.54) is 12.8 Å². The average Bonchev–Trinajstić information content (AvgIpc) is 3.48. The summed E-state index contributed by atoms with van der Waals surface area (Å²) in [6.07, 6.45) is 7.61. The summed E-state index contributed by atoms with van der Waals surface area (Å²) in [5.74, 6) is 1.19. The monoisotopic (exact) mass is 372 g/mol. The number of carbonyl (C=O) groups excluding carboxylic acids is 1. The highest BCUT2D eigenvalue weighted by Gasteiger charge is 2.25. The number of anilines is 2. The fourth-order valence-corrected chi connectivity index (χ4v) is 3.41. The van der Waals surface area contributed by atoms with Gasteiger partial charge in [-0.3, -0.25) is 9.78 Å². The van der Waals surface area contributed by atoms with Gasteiger partial charge in [-0.2, -0.15) is 0 Å². The van der Waals surface area contributed by atoms with E-state index < -0.39 is 0 Å². The topological polar surface area (TPSA) is 84.2 Å². The van der Waals surface area contributed by atoms with Crippen molar-refractivity contribution in [1.82, 2.24) is 19.4 Å². The summed E-state index contributed by atoms with van der Waals surface area (Å²) in [5.41, 5.74) is 3.64. The summed E-state index contributed by atoms with van der Waals surface area (Å²) < 4.78 is 1.93. The molecule has 0 aliphatic heterocycles. The van der Waals surface area contributed by atoms with Crippen molar-refractivity contribution in [3.63, 3.8) is 0 Å². The number of hydrogen-bond acceptors (Lipinski definition) is 5. The van der Waals surface area contributed by atoms with E-state index in [-0.39, 0.29) is 5.91 Å². The van der Waals surface area contributed by atoms with E-state index in [4.69, 9.17) is 0 Å². The summed E-state index contributed by atoms with van der Waals surface area (Å²) in [4.78, 5) is 26.4. The van der Waals surface area contributed by atoms with Crippen molar-refractivity contribution in [2.24, 2.45) is 5.92 Å². The van der Waals surface area contributed by atoms with E-state index in [1.807, 2.05) is 47.9 Å². The van der Waals surface area contributed by atoms with E-state index in [2.05, 4.69) is 25.6 Å². The van der Waals surface area contributed by atoms with Crippen molar-refractivity contribution >= 4 is 34.0 Å². The first-order valence-corrected chi connectivity index (χ1v) is 9.42. The highest BCUT2D eigenvalue weighted by atomic mass is 16.1. The van der Waals surface area contributed by atoms with Crippen molar-refractivity contribution in [1.29, 1.82) is 0 Å². The van der Waals surface area contributed by atoms with Crippen molar-refractivity contribution in [3.8, 4) is 0 Å². The van der Waals surface area contributed by atoms with E-state index in [1.54, 1.807) is 12.5 Å². The molecule has 1 saturated carbocycles. The second-order valence-corrected chi connectivity index (χ2v) is 7.22. The lowest BCUT2D eigenvalue weighted by Gasteiger charge is -2.08. The molecule has 0 atom stereocenters. The Bertz CT molecular complexity index is 1180. The van der Waals surface area contributed by atoms with Gasteiger partial charge >= 0.3 is 0 Å².